The monoisotopic (exact) mass is 369 g/mol. The second-order valence-electron chi connectivity index (χ2n) is 5.87. The Bertz CT molecular complexity index is 800. The highest BCUT2D eigenvalue weighted by molar-refractivity contribution is 8.00. The molecule has 0 bridgehead atoms. The first-order valence-electron chi connectivity index (χ1n) is 8.16. The van der Waals surface area contributed by atoms with Crippen molar-refractivity contribution in [3.63, 3.8) is 0 Å². The Morgan fingerprint density at radius 2 is 1.77 bits per heavy atom. The maximum Gasteiger partial charge on any atom is 0.329 e. The summed E-state index contributed by atoms with van der Waals surface area (Å²) in [6, 6.07) is 14.6. The number of carbonyl (C=O) groups is 2. The van der Waals surface area contributed by atoms with Gasteiger partial charge in [-0.15, -0.1) is 0 Å². The van der Waals surface area contributed by atoms with Crippen LogP contribution in [0.1, 0.15) is 11.1 Å². The highest BCUT2D eigenvalue weighted by Gasteiger charge is 2.19. The molecule has 2 amide bonds. The van der Waals surface area contributed by atoms with E-state index in [4.69, 9.17) is 4.74 Å². The molecule has 0 aliphatic carbocycles. The third-order valence-electron chi connectivity index (χ3n) is 3.69. The summed E-state index contributed by atoms with van der Waals surface area (Å²) in [7, 11) is 0. The Balaban J connectivity index is 1.46. The van der Waals surface area contributed by atoms with Crippen LogP contribution in [0.4, 0.5) is 5.69 Å². The molecule has 7 heteroatoms. The molecule has 1 aliphatic heterocycles. The predicted molar refractivity (Wildman–Crippen MR) is 104 cm³/mol. The number of carbonyl (C=O) groups excluding carboxylic acids is 2. The molecule has 2 aromatic rings. The van der Waals surface area contributed by atoms with Crippen LogP contribution in [0.3, 0.4) is 0 Å². The fourth-order valence-corrected chi connectivity index (χ4v) is 2.71. The Kier molecular flexibility index (Phi) is 5.91. The quantitative estimate of drug-likeness (QED) is 0.482. The van der Waals surface area contributed by atoms with Gasteiger partial charge in [0.2, 0.25) is 0 Å². The number of benzene rings is 2. The van der Waals surface area contributed by atoms with E-state index in [2.05, 4.69) is 15.8 Å². The van der Waals surface area contributed by atoms with Gasteiger partial charge in [0.15, 0.2) is 0 Å². The van der Waals surface area contributed by atoms with Gasteiger partial charge in [-0.05, 0) is 48.9 Å². The number of amides is 2. The van der Waals surface area contributed by atoms with E-state index < -0.39 is 11.8 Å². The Hall–Kier alpha value is -2.80. The van der Waals surface area contributed by atoms with E-state index in [1.54, 1.807) is 12.1 Å². The predicted octanol–water partition coefficient (Wildman–Crippen LogP) is 2.58. The van der Waals surface area contributed by atoms with Crippen molar-refractivity contribution in [3.05, 3.63) is 59.7 Å². The molecule has 1 fully saturated rings. The number of ether oxygens (including phenoxy) is 1. The lowest BCUT2D eigenvalue weighted by Gasteiger charge is -2.25. The molecule has 0 atom stereocenters. The lowest BCUT2D eigenvalue weighted by Crippen LogP contribution is -2.32. The number of hydrogen-bond donors (Lipinski definition) is 2. The summed E-state index contributed by atoms with van der Waals surface area (Å²) < 4.78 is 5.76. The Morgan fingerprint density at radius 3 is 2.38 bits per heavy atom. The molecule has 6 nitrogen and oxygen atoms in total. The van der Waals surface area contributed by atoms with Gasteiger partial charge in [0.25, 0.3) is 0 Å². The topological polar surface area (TPSA) is 79.8 Å². The SMILES string of the molecule is Cc1ccc(NC(=O)C(=O)N/N=C\c2ccc(OC3CSC3)cc2)cc1. The van der Waals surface area contributed by atoms with Crippen molar-refractivity contribution in [2.75, 3.05) is 16.8 Å². The number of anilines is 1. The van der Waals surface area contributed by atoms with Crippen molar-refractivity contribution in [2.45, 2.75) is 13.0 Å². The van der Waals surface area contributed by atoms with Gasteiger partial charge >= 0.3 is 11.8 Å². The molecule has 2 N–H and O–H groups in total. The fourth-order valence-electron chi connectivity index (χ4n) is 2.15. The molecule has 1 aliphatic rings. The average molecular weight is 369 g/mol. The number of aryl methyl sites for hydroxylation is 1. The van der Waals surface area contributed by atoms with Crippen LogP contribution < -0.4 is 15.5 Å². The molecule has 26 heavy (non-hydrogen) atoms. The van der Waals surface area contributed by atoms with Crippen LogP contribution in [0.25, 0.3) is 0 Å². The second-order valence-corrected chi connectivity index (χ2v) is 6.94. The Morgan fingerprint density at radius 1 is 1.08 bits per heavy atom. The number of hydrogen-bond acceptors (Lipinski definition) is 5. The second kappa shape index (κ2) is 8.53. The summed E-state index contributed by atoms with van der Waals surface area (Å²) in [4.78, 5) is 23.6. The first kappa shape index (κ1) is 18.0. The van der Waals surface area contributed by atoms with Crippen LogP contribution in [0.15, 0.2) is 53.6 Å². The standard InChI is InChI=1S/C19H19N3O3S/c1-13-2-6-15(7-3-13)21-18(23)19(24)22-20-10-14-4-8-16(9-5-14)25-17-11-26-12-17/h2-10,17H,11-12H2,1H3,(H,21,23)(H,22,24)/b20-10-. The normalized spacial score (nSPS) is 13.9. The van der Waals surface area contributed by atoms with Gasteiger partial charge in [-0.2, -0.15) is 16.9 Å². The van der Waals surface area contributed by atoms with Crippen molar-refractivity contribution in [1.82, 2.24) is 5.43 Å². The third kappa shape index (κ3) is 5.10. The third-order valence-corrected chi connectivity index (χ3v) is 4.90. The molecule has 0 unspecified atom stereocenters. The number of nitrogens with zero attached hydrogens (tertiary/aromatic N) is 1. The fraction of sp³-hybridized carbons (Fsp3) is 0.211. The first-order chi connectivity index (χ1) is 12.6. The van der Waals surface area contributed by atoms with Crippen LogP contribution >= 0.6 is 11.8 Å². The van der Waals surface area contributed by atoms with Gasteiger partial charge < -0.3 is 10.1 Å². The van der Waals surface area contributed by atoms with Gasteiger partial charge in [0.05, 0.1) is 6.21 Å². The molecular formula is C19H19N3O3S. The zero-order valence-electron chi connectivity index (χ0n) is 14.3. The van der Waals surface area contributed by atoms with E-state index in [-0.39, 0.29) is 0 Å². The van der Waals surface area contributed by atoms with Crippen LogP contribution in [0.2, 0.25) is 0 Å². The molecule has 0 saturated carbocycles. The highest BCUT2D eigenvalue weighted by atomic mass is 32.2. The molecule has 0 spiro atoms. The summed E-state index contributed by atoms with van der Waals surface area (Å²) in [5.74, 6) is 1.27. The van der Waals surface area contributed by atoms with Crippen molar-refractivity contribution < 1.29 is 14.3 Å². The maximum absolute atomic E-state index is 11.8. The molecule has 0 radical (unpaired) electrons. The van der Waals surface area contributed by atoms with Crippen molar-refractivity contribution >= 4 is 35.5 Å². The number of hydrazone groups is 1. The number of thioether (sulfide) groups is 1. The molecule has 1 saturated heterocycles. The van der Waals surface area contributed by atoms with Gasteiger partial charge in [0.1, 0.15) is 11.9 Å². The lowest BCUT2D eigenvalue weighted by molar-refractivity contribution is -0.136. The molecule has 134 valence electrons. The van der Waals surface area contributed by atoms with E-state index in [1.807, 2.05) is 55.1 Å². The van der Waals surface area contributed by atoms with Gasteiger partial charge in [-0.1, -0.05) is 17.7 Å². The molecule has 0 aromatic heterocycles. The van der Waals surface area contributed by atoms with E-state index in [0.29, 0.717) is 11.8 Å². The molecule has 2 aromatic carbocycles. The van der Waals surface area contributed by atoms with Crippen molar-refractivity contribution in [3.8, 4) is 5.75 Å². The van der Waals surface area contributed by atoms with E-state index >= 15 is 0 Å². The Labute approximate surface area is 156 Å². The van der Waals surface area contributed by atoms with Crippen molar-refractivity contribution in [1.29, 1.82) is 0 Å². The summed E-state index contributed by atoms with van der Waals surface area (Å²) in [6.07, 6.45) is 1.77. The average Bonchev–Trinajstić information content (AvgIpc) is 2.61. The smallest absolute Gasteiger partial charge is 0.329 e. The molecule has 1 heterocycles. The summed E-state index contributed by atoms with van der Waals surface area (Å²) in [5, 5.41) is 6.32. The summed E-state index contributed by atoms with van der Waals surface area (Å²) in [6.45, 7) is 1.94. The van der Waals surface area contributed by atoms with Crippen LogP contribution in [-0.2, 0) is 9.59 Å². The lowest BCUT2D eigenvalue weighted by atomic mass is 10.2. The first-order valence-corrected chi connectivity index (χ1v) is 9.31. The van der Waals surface area contributed by atoms with Crippen LogP contribution in [0, 0.1) is 6.92 Å². The number of rotatable bonds is 5. The van der Waals surface area contributed by atoms with Gasteiger partial charge in [-0.25, -0.2) is 5.43 Å². The minimum atomic E-state index is -0.829. The maximum atomic E-state index is 11.8. The summed E-state index contributed by atoms with van der Waals surface area (Å²) >= 11 is 1.87. The van der Waals surface area contributed by atoms with Gasteiger partial charge in [-0.3, -0.25) is 9.59 Å². The summed E-state index contributed by atoms with van der Waals surface area (Å²) in [5.41, 5.74) is 4.63. The molecular weight excluding hydrogens is 350 g/mol. The van der Waals surface area contributed by atoms with Crippen LogP contribution in [-0.4, -0.2) is 35.6 Å². The number of nitrogens with one attached hydrogen (secondary N) is 2. The minimum absolute atomic E-state index is 0.297. The zero-order valence-corrected chi connectivity index (χ0v) is 15.1. The van der Waals surface area contributed by atoms with Gasteiger partial charge in [0, 0.05) is 17.2 Å². The minimum Gasteiger partial charge on any atom is -0.489 e. The van der Waals surface area contributed by atoms with E-state index in [9.17, 15) is 9.59 Å². The van der Waals surface area contributed by atoms with E-state index in [0.717, 1.165) is 28.4 Å². The van der Waals surface area contributed by atoms with Crippen LogP contribution in [0.5, 0.6) is 5.75 Å². The highest BCUT2D eigenvalue weighted by Crippen LogP contribution is 2.23. The zero-order chi connectivity index (χ0) is 18.4. The van der Waals surface area contributed by atoms with E-state index in [1.165, 1.54) is 6.21 Å². The largest absolute Gasteiger partial charge is 0.489 e. The van der Waals surface area contributed by atoms with Crippen molar-refractivity contribution in [2.24, 2.45) is 5.10 Å². The molecule has 3 rings (SSSR count).